The van der Waals surface area contributed by atoms with E-state index in [1.807, 2.05) is 30.3 Å². The second-order valence-corrected chi connectivity index (χ2v) is 5.55. The van der Waals surface area contributed by atoms with Crippen LogP contribution in [0.25, 0.3) is 6.08 Å². The largest absolute Gasteiger partial charge is 0.497 e. The zero-order valence-electron chi connectivity index (χ0n) is 13.6. The third-order valence-electron chi connectivity index (χ3n) is 3.88. The van der Waals surface area contributed by atoms with E-state index in [4.69, 9.17) is 4.74 Å². The molecular formula is C18H20N4O2. The van der Waals surface area contributed by atoms with Gasteiger partial charge in [0.05, 0.1) is 7.11 Å². The fourth-order valence-corrected chi connectivity index (χ4v) is 2.59. The quantitative estimate of drug-likeness (QED) is 0.857. The molecular weight excluding hydrogens is 304 g/mol. The van der Waals surface area contributed by atoms with Crippen LogP contribution >= 0.6 is 0 Å². The van der Waals surface area contributed by atoms with Crippen molar-refractivity contribution in [3.63, 3.8) is 0 Å². The van der Waals surface area contributed by atoms with E-state index < -0.39 is 0 Å². The van der Waals surface area contributed by atoms with Gasteiger partial charge in [0.2, 0.25) is 5.91 Å². The molecule has 1 aromatic carbocycles. The van der Waals surface area contributed by atoms with Gasteiger partial charge in [0.25, 0.3) is 0 Å². The van der Waals surface area contributed by atoms with Gasteiger partial charge in [0.15, 0.2) is 0 Å². The molecule has 1 aliphatic heterocycles. The highest BCUT2D eigenvalue weighted by atomic mass is 16.5. The average molecular weight is 324 g/mol. The topological polar surface area (TPSA) is 67.3 Å². The van der Waals surface area contributed by atoms with E-state index in [2.05, 4.69) is 20.2 Å². The molecule has 124 valence electrons. The van der Waals surface area contributed by atoms with Gasteiger partial charge < -0.3 is 15.0 Å². The van der Waals surface area contributed by atoms with Crippen molar-refractivity contribution in [1.29, 1.82) is 0 Å². The van der Waals surface area contributed by atoms with Crippen molar-refractivity contribution in [2.45, 2.75) is 12.8 Å². The van der Waals surface area contributed by atoms with Crippen molar-refractivity contribution in [3.8, 4) is 5.75 Å². The molecule has 0 aliphatic carbocycles. The third kappa shape index (κ3) is 4.10. The van der Waals surface area contributed by atoms with Crippen molar-refractivity contribution < 1.29 is 9.53 Å². The molecule has 1 aromatic heterocycles. The van der Waals surface area contributed by atoms with Crippen LogP contribution in [0.5, 0.6) is 5.75 Å². The lowest BCUT2D eigenvalue weighted by Crippen LogP contribution is -2.19. The number of benzene rings is 1. The second-order valence-electron chi connectivity index (χ2n) is 5.55. The maximum absolute atomic E-state index is 12.0. The standard InChI is InChI=1S/C18H20N4O2/c1-24-15-7-4-14(5-8-15)6-9-18(23)21-16-12-17(20-13-19-16)22-10-2-3-11-22/h4-9,12-13H,2-3,10-11H2,1H3,(H,19,20,21,23)/b9-6+. The Balaban J connectivity index is 1.61. The first-order chi connectivity index (χ1) is 11.7. The lowest BCUT2D eigenvalue weighted by molar-refractivity contribution is -0.111. The molecule has 0 radical (unpaired) electrons. The number of ether oxygens (including phenoxy) is 1. The van der Waals surface area contributed by atoms with Gasteiger partial charge in [-0.2, -0.15) is 0 Å². The van der Waals surface area contributed by atoms with Gasteiger partial charge in [-0.3, -0.25) is 4.79 Å². The Morgan fingerprint density at radius 3 is 2.67 bits per heavy atom. The van der Waals surface area contributed by atoms with Gasteiger partial charge >= 0.3 is 0 Å². The molecule has 2 aromatic rings. The van der Waals surface area contributed by atoms with Crippen molar-refractivity contribution in [1.82, 2.24) is 9.97 Å². The van der Waals surface area contributed by atoms with Crippen molar-refractivity contribution in [3.05, 3.63) is 48.3 Å². The molecule has 6 nitrogen and oxygen atoms in total. The number of rotatable bonds is 5. The molecule has 6 heteroatoms. The molecule has 2 heterocycles. The highest BCUT2D eigenvalue weighted by molar-refractivity contribution is 6.01. The minimum absolute atomic E-state index is 0.225. The number of methoxy groups -OCH3 is 1. The molecule has 1 N–H and O–H groups in total. The van der Waals surface area contributed by atoms with Crippen LogP contribution < -0.4 is 15.0 Å². The van der Waals surface area contributed by atoms with Crippen LogP contribution in [0.2, 0.25) is 0 Å². The first-order valence-corrected chi connectivity index (χ1v) is 7.95. The molecule has 1 saturated heterocycles. The Morgan fingerprint density at radius 1 is 1.21 bits per heavy atom. The minimum Gasteiger partial charge on any atom is -0.497 e. The van der Waals surface area contributed by atoms with E-state index in [-0.39, 0.29) is 5.91 Å². The lowest BCUT2D eigenvalue weighted by Gasteiger charge is -2.16. The number of aromatic nitrogens is 2. The van der Waals surface area contributed by atoms with Crippen LogP contribution in [0.4, 0.5) is 11.6 Å². The van der Waals surface area contributed by atoms with Gasteiger partial charge in [-0.25, -0.2) is 9.97 Å². The summed E-state index contributed by atoms with van der Waals surface area (Å²) in [5.41, 5.74) is 0.923. The number of hydrogen-bond acceptors (Lipinski definition) is 5. The maximum atomic E-state index is 12.0. The summed E-state index contributed by atoms with van der Waals surface area (Å²) in [6, 6.07) is 9.29. The Hall–Kier alpha value is -2.89. The van der Waals surface area contributed by atoms with Gasteiger partial charge in [-0.15, -0.1) is 0 Å². The fraction of sp³-hybridized carbons (Fsp3) is 0.278. The van der Waals surface area contributed by atoms with E-state index >= 15 is 0 Å². The second kappa shape index (κ2) is 7.59. The van der Waals surface area contributed by atoms with Gasteiger partial charge in [0, 0.05) is 25.2 Å². The van der Waals surface area contributed by atoms with Crippen LogP contribution in [-0.2, 0) is 4.79 Å². The summed E-state index contributed by atoms with van der Waals surface area (Å²) in [6.07, 6.45) is 7.07. The normalized spacial score (nSPS) is 14.1. The number of carbonyl (C=O) groups is 1. The molecule has 1 aliphatic rings. The van der Waals surface area contributed by atoms with E-state index in [0.29, 0.717) is 5.82 Å². The maximum Gasteiger partial charge on any atom is 0.249 e. The van der Waals surface area contributed by atoms with E-state index in [9.17, 15) is 4.79 Å². The Kier molecular flexibility index (Phi) is 5.05. The van der Waals surface area contributed by atoms with Crippen molar-refractivity contribution in [2.75, 3.05) is 30.4 Å². The third-order valence-corrected chi connectivity index (χ3v) is 3.88. The summed E-state index contributed by atoms with van der Waals surface area (Å²) < 4.78 is 5.11. The van der Waals surface area contributed by atoms with Crippen LogP contribution in [-0.4, -0.2) is 36.1 Å². The SMILES string of the molecule is COc1ccc(/C=C/C(=O)Nc2cc(N3CCCC3)ncn2)cc1. The molecule has 1 fully saturated rings. The number of nitrogens with one attached hydrogen (secondary N) is 1. The predicted octanol–water partition coefficient (Wildman–Crippen LogP) is 2.74. The van der Waals surface area contributed by atoms with Gasteiger partial charge in [0.1, 0.15) is 23.7 Å². The minimum atomic E-state index is -0.225. The molecule has 3 rings (SSSR count). The van der Waals surface area contributed by atoms with Crippen LogP contribution in [0.3, 0.4) is 0 Å². The van der Waals surface area contributed by atoms with E-state index in [0.717, 1.165) is 30.2 Å². The van der Waals surface area contributed by atoms with E-state index in [1.54, 1.807) is 13.2 Å². The lowest BCUT2D eigenvalue weighted by atomic mass is 10.2. The van der Waals surface area contributed by atoms with Crippen molar-refractivity contribution in [2.24, 2.45) is 0 Å². The van der Waals surface area contributed by atoms with Crippen LogP contribution in [0.1, 0.15) is 18.4 Å². The molecule has 0 unspecified atom stereocenters. The van der Waals surface area contributed by atoms with E-state index in [1.165, 1.54) is 25.2 Å². The van der Waals surface area contributed by atoms with Gasteiger partial charge in [-0.05, 0) is 36.6 Å². The van der Waals surface area contributed by atoms with Crippen LogP contribution in [0, 0.1) is 0 Å². The summed E-state index contributed by atoms with van der Waals surface area (Å²) in [4.78, 5) is 22.6. The number of carbonyl (C=O) groups excluding carboxylic acids is 1. The Labute approximate surface area is 141 Å². The highest BCUT2D eigenvalue weighted by Crippen LogP contribution is 2.19. The zero-order chi connectivity index (χ0) is 16.8. The molecule has 1 amide bonds. The first-order valence-electron chi connectivity index (χ1n) is 7.95. The average Bonchev–Trinajstić information content (AvgIpc) is 3.15. The number of hydrogen-bond donors (Lipinski definition) is 1. The molecule has 0 atom stereocenters. The Morgan fingerprint density at radius 2 is 1.96 bits per heavy atom. The monoisotopic (exact) mass is 324 g/mol. The highest BCUT2D eigenvalue weighted by Gasteiger charge is 2.14. The molecule has 0 spiro atoms. The smallest absolute Gasteiger partial charge is 0.249 e. The predicted molar refractivity (Wildman–Crippen MR) is 94.1 cm³/mol. The first kappa shape index (κ1) is 16.0. The summed E-state index contributed by atoms with van der Waals surface area (Å²) >= 11 is 0. The fourth-order valence-electron chi connectivity index (χ4n) is 2.59. The number of amides is 1. The molecule has 24 heavy (non-hydrogen) atoms. The Bertz CT molecular complexity index is 722. The molecule has 0 bridgehead atoms. The summed E-state index contributed by atoms with van der Waals surface area (Å²) in [5.74, 6) is 1.93. The number of nitrogens with zero attached hydrogens (tertiary/aromatic N) is 3. The molecule has 0 saturated carbocycles. The zero-order valence-corrected chi connectivity index (χ0v) is 13.6. The summed E-state index contributed by atoms with van der Waals surface area (Å²) in [7, 11) is 1.62. The van der Waals surface area contributed by atoms with Crippen molar-refractivity contribution >= 4 is 23.6 Å². The summed E-state index contributed by atoms with van der Waals surface area (Å²) in [6.45, 7) is 2.00. The number of anilines is 2. The van der Waals surface area contributed by atoms with Crippen LogP contribution in [0.15, 0.2) is 42.7 Å². The van der Waals surface area contributed by atoms with Gasteiger partial charge in [-0.1, -0.05) is 12.1 Å². The summed E-state index contributed by atoms with van der Waals surface area (Å²) in [5, 5.41) is 2.77.